The molecule has 0 bridgehead atoms. The van der Waals surface area contributed by atoms with Crippen LogP contribution in [0.2, 0.25) is 0 Å². The van der Waals surface area contributed by atoms with Crippen LogP contribution in [0.25, 0.3) is 0 Å². The van der Waals surface area contributed by atoms with Crippen LogP contribution in [0.4, 0.5) is 5.69 Å². The van der Waals surface area contributed by atoms with E-state index in [1.807, 2.05) is 36.9 Å². The van der Waals surface area contributed by atoms with Gasteiger partial charge in [0.25, 0.3) is 0 Å². The van der Waals surface area contributed by atoms with E-state index in [0.717, 1.165) is 22.9 Å². The molecule has 0 saturated carbocycles. The molecule has 78 valence electrons. The van der Waals surface area contributed by atoms with E-state index in [2.05, 4.69) is 6.92 Å². The van der Waals surface area contributed by atoms with Gasteiger partial charge < -0.3 is 10.5 Å². The fourth-order valence-electron chi connectivity index (χ4n) is 1.22. The third kappa shape index (κ3) is 3.14. The highest BCUT2D eigenvalue weighted by Crippen LogP contribution is 2.25. The summed E-state index contributed by atoms with van der Waals surface area (Å²) >= 11 is 1.87. The third-order valence-corrected chi connectivity index (χ3v) is 2.77. The van der Waals surface area contributed by atoms with E-state index in [1.165, 1.54) is 5.56 Å². The average Bonchev–Trinajstić information content (AvgIpc) is 2.18. The average molecular weight is 211 g/mol. The Hall–Kier alpha value is -0.830. The lowest BCUT2D eigenvalue weighted by atomic mass is 10.2. The molecular weight excluding hydrogens is 194 g/mol. The van der Waals surface area contributed by atoms with Crippen LogP contribution in [0.5, 0.6) is 5.75 Å². The SMILES string of the molecule is CCOc1ccc(N)cc1CSCC. The Kier molecular flexibility index (Phi) is 4.66. The van der Waals surface area contributed by atoms with Gasteiger partial charge in [0, 0.05) is 17.0 Å². The summed E-state index contributed by atoms with van der Waals surface area (Å²) in [5.41, 5.74) is 7.73. The van der Waals surface area contributed by atoms with Crippen molar-refractivity contribution < 1.29 is 4.74 Å². The molecule has 0 atom stereocenters. The topological polar surface area (TPSA) is 35.2 Å². The Morgan fingerprint density at radius 1 is 1.36 bits per heavy atom. The van der Waals surface area contributed by atoms with Gasteiger partial charge in [-0.05, 0) is 30.9 Å². The van der Waals surface area contributed by atoms with Crippen molar-refractivity contribution in [2.75, 3.05) is 18.1 Å². The van der Waals surface area contributed by atoms with Gasteiger partial charge in [-0.15, -0.1) is 0 Å². The molecule has 0 aliphatic heterocycles. The van der Waals surface area contributed by atoms with E-state index in [0.29, 0.717) is 6.61 Å². The van der Waals surface area contributed by atoms with Crippen LogP contribution < -0.4 is 10.5 Å². The Morgan fingerprint density at radius 2 is 2.14 bits per heavy atom. The van der Waals surface area contributed by atoms with Gasteiger partial charge >= 0.3 is 0 Å². The van der Waals surface area contributed by atoms with Crippen LogP contribution in [-0.4, -0.2) is 12.4 Å². The lowest BCUT2D eigenvalue weighted by molar-refractivity contribution is 0.337. The molecule has 0 saturated heterocycles. The van der Waals surface area contributed by atoms with Crippen LogP contribution in [0.3, 0.4) is 0 Å². The summed E-state index contributed by atoms with van der Waals surface area (Å²) < 4.78 is 5.52. The highest BCUT2D eigenvalue weighted by Gasteiger charge is 2.03. The first-order valence-corrected chi connectivity index (χ1v) is 6.02. The molecule has 1 aromatic carbocycles. The van der Waals surface area contributed by atoms with E-state index >= 15 is 0 Å². The summed E-state index contributed by atoms with van der Waals surface area (Å²) in [6, 6.07) is 5.82. The van der Waals surface area contributed by atoms with Gasteiger partial charge in [-0.25, -0.2) is 0 Å². The van der Waals surface area contributed by atoms with E-state index in [-0.39, 0.29) is 0 Å². The van der Waals surface area contributed by atoms with Crippen molar-refractivity contribution in [3.8, 4) is 5.75 Å². The molecule has 14 heavy (non-hydrogen) atoms. The molecule has 0 aromatic heterocycles. The fraction of sp³-hybridized carbons (Fsp3) is 0.455. The first-order chi connectivity index (χ1) is 6.77. The highest BCUT2D eigenvalue weighted by atomic mass is 32.2. The zero-order valence-electron chi connectivity index (χ0n) is 8.75. The molecule has 0 aliphatic rings. The molecule has 0 spiro atoms. The number of nitrogen functional groups attached to an aromatic ring is 1. The summed E-state index contributed by atoms with van der Waals surface area (Å²) in [7, 11) is 0. The van der Waals surface area contributed by atoms with Gasteiger partial charge in [-0.3, -0.25) is 0 Å². The maximum atomic E-state index is 5.73. The molecule has 1 rings (SSSR count). The lowest BCUT2D eigenvalue weighted by Gasteiger charge is -2.10. The Bertz CT molecular complexity index is 289. The number of hydrogen-bond acceptors (Lipinski definition) is 3. The highest BCUT2D eigenvalue weighted by molar-refractivity contribution is 7.98. The molecule has 2 N–H and O–H groups in total. The van der Waals surface area contributed by atoms with Crippen LogP contribution in [0, 0.1) is 0 Å². The summed E-state index contributed by atoms with van der Waals surface area (Å²) in [6.45, 7) is 4.85. The van der Waals surface area contributed by atoms with Gasteiger partial charge in [0.2, 0.25) is 0 Å². The van der Waals surface area contributed by atoms with E-state index in [1.54, 1.807) is 0 Å². The standard InChI is InChI=1S/C11H17NOS/c1-3-13-11-6-5-10(12)7-9(11)8-14-4-2/h5-7H,3-4,8,12H2,1-2H3. The van der Waals surface area contributed by atoms with Crippen LogP contribution in [-0.2, 0) is 5.75 Å². The van der Waals surface area contributed by atoms with Crippen LogP contribution >= 0.6 is 11.8 Å². The molecule has 0 unspecified atom stereocenters. The Morgan fingerprint density at radius 3 is 2.79 bits per heavy atom. The predicted octanol–water partition coefficient (Wildman–Crippen LogP) is 2.92. The zero-order valence-corrected chi connectivity index (χ0v) is 9.56. The number of hydrogen-bond donors (Lipinski definition) is 1. The second-order valence-electron chi connectivity index (χ2n) is 2.94. The first kappa shape index (κ1) is 11.2. The van der Waals surface area contributed by atoms with E-state index in [4.69, 9.17) is 10.5 Å². The summed E-state index contributed by atoms with van der Waals surface area (Å²) in [6.07, 6.45) is 0. The third-order valence-electron chi connectivity index (χ3n) is 1.85. The van der Waals surface area contributed by atoms with Crippen molar-refractivity contribution in [3.05, 3.63) is 23.8 Å². The van der Waals surface area contributed by atoms with Crippen LogP contribution in [0.15, 0.2) is 18.2 Å². The first-order valence-electron chi connectivity index (χ1n) is 4.86. The minimum Gasteiger partial charge on any atom is -0.494 e. The second kappa shape index (κ2) is 5.81. The molecule has 0 amide bonds. The molecule has 0 radical (unpaired) electrons. The smallest absolute Gasteiger partial charge is 0.123 e. The van der Waals surface area contributed by atoms with Gasteiger partial charge in [0.1, 0.15) is 5.75 Å². The summed E-state index contributed by atoms with van der Waals surface area (Å²) in [5.74, 6) is 3.04. The van der Waals surface area contributed by atoms with E-state index in [9.17, 15) is 0 Å². The molecule has 2 nitrogen and oxygen atoms in total. The number of benzene rings is 1. The Balaban J connectivity index is 2.79. The number of anilines is 1. The molecule has 1 aromatic rings. The largest absolute Gasteiger partial charge is 0.494 e. The van der Waals surface area contributed by atoms with Crippen molar-refractivity contribution in [2.24, 2.45) is 0 Å². The minimum atomic E-state index is 0.702. The number of thioether (sulfide) groups is 1. The number of nitrogens with two attached hydrogens (primary N) is 1. The monoisotopic (exact) mass is 211 g/mol. The van der Waals surface area contributed by atoms with Crippen molar-refractivity contribution >= 4 is 17.4 Å². The number of ether oxygens (including phenoxy) is 1. The summed E-state index contributed by atoms with van der Waals surface area (Å²) in [4.78, 5) is 0. The zero-order chi connectivity index (χ0) is 10.4. The van der Waals surface area contributed by atoms with Gasteiger partial charge in [-0.1, -0.05) is 6.92 Å². The summed E-state index contributed by atoms with van der Waals surface area (Å²) in [5, 5.41) is 0. The molecule has 0 heterocycles. The normalized spacial score (nSPS) is 10.1. The lowest BCUT2D eigenvalue weighted by Crippen LogP contribution is -1.97. The van der Waals surface area contributed by atoms with E-state index < -0.39 is 0 Å². The Labute approximate surface area is 89.8 Å². The molecule has 3 heteroatoms. The van der Waals surface area contributed by atoms with Crippen molar-refractivity contribution in [2.45, 2.75) is 19.6 Å². The maximum Gasteiger partial charge on any atom is 0.123 e. The molecule has 0 fully saturated rings. The molecular formula is C11H17NOS. The minimum absolute atomic E-state index is 0.702. The maximum absolute atomic E-state index is 5.73. The van der Waals surface area contributed by atoms with Crippen molar-refractivity contribution in [3.63, 3.8) is 0 Å². The van der Waals surface area contributed by atoms with Crippen molar-refractivity contribution in [1.82, 2.24) is 0 Å². The van der Waals surface area contributed by atoms with Crippen molar-refractivity contribution in [1.29, 1.82) is 0 Å². The second-order valence-corrected chi connectivity index (χ2v) is 4.21. The fourth-order valence-corrected chi connectivity index (χ4v) is 1.87. The van der Waals surface area contributed by atoms with Gasteiger partial charge in [0.05, 0.1) is 6.61 Å². The van der Waals surface area contributed by atoms with Gasteiger partial charge in [-0.2, -0.15) is 11.8 Å². The predicted molar refractivity (Wildman–Crippen MR) is 63.9 cm³/mol. The van der Waals surface area contributed by atoms with Crippen LogP contribution in [0.1, 0.15) is 19.4 Å². The number of rotatable bonds is 5. The quantitative estimate of drug-likeness (QED) is 0.761. The molecule has 0 aliphatic carbocycles. The van der Waals surface area contributed by atoms with Gasteiger partial charge in [0.15, 0.2) is 0 Å².